The molecule has 25 heavy (non-hydrogen) atoms. The zero-order valence-electron chi connectivity index (χ0n) is 15.3. The Morgan fingerprint density at radius 1 is 1.24 bits per heavy atom. The van der Waals surface area contributed by atoms with Gasteiger partial charge in [0.25, 0.3) is 0 Å². The molecule has 0 spiro atoms. The number of piperidine rings is 1. The summed E-state index contributed by atoms with van der Waals surface area (Å²) in [5.41, 5.74) is 0.176. The molecule has 0 aromatic carbocycles. The average molecular weight is 347 g/mol. The van der Waals surface area contributed by atoms with Crippen LogP contribution in [0, 0.1) is 0 Å². The number of rotatable bonds is 3. The van der Waals surface area contributed by atoms with E-state index in [-0.39, 0.29) is 17.2 Å². The molecule has 2 aliphatic heterocycles. The Hall–Kier alpha value is -1.80. The Morgan fingerprint density at radius 3 is 2.32 bits per heavy atom. The van der Waals surface area contributed by atoms with Crippen LogP contribution in [0.1, 0.15) is 40.5 Å². The summed E-state index contributed by atoms with van der Waals surface area (Å²) >= 11 is 0. The van der Waals surface area contributed by atoms with Gasteiger partial charge in [0.15, 0.2) is 0 Å². The maximum absolute atomic E-state index is 10.7. The molecule has 2 saturated heterocycles. The SMILES string of the molecule is CC1(C)OB(c2ccc(N3CCC(NC(=O)O)CC3)nc2)OC1(C)C. The molecular weight excluding hydrogens is 321 g/mol. The van der Waals surface area contributed by atoms with E-state index in [0.29, 0.717) is 0 Å². The lowest BCUT2D eigenvalue weighted by atomic mass is 9.80. The molecule has 0 saturated carbocycles. The van der Waals surface area contributed by atoms with Gasteiger partial charge in [-0.2, -0.15) is 0 Å². The summed E-state index contributed by atoms with van der Waals surface area (Å²) < 4.78 is 12.1. The monoisotopic (exact) mass is 347 g/mol. The van der Waals surface area contributed by atoms with Crippen LogP contribution in [0.2, 0.25) is 0 Å². The van der Waals surface area contributed by atoms with Crippen molar-refractivity contribution in [3.05, 3.63) is 18.3 Å². The average Bonchev–Trinajstić information content (AvgIpc) is 2.76. The highest BCUT2D eigenvalue weighted by Gasteiger charge is 2.51. The molecule has 1 aromatic rings. The van der Waals surface area contributed by atoms with Gasteiger partial charge in [-0.25, -0.2) is 9.78 Å². The maximum atomic E-state index is 10.7. The summed E-state index contributed by atoms with van der Waals surface area (Å²) in [7, 11) is -0.406. The molecule has 2 aliphatic rings. The minimum atomic E-state index is -0.955. The Kier molecular flexibility index (Phi) is 4.68. The molecular formula is C17H26BN3O4. The molecule has 0 unspecified atom stereocenters. The van der Waals surface area contributed by atoms with E-state index in [4.69, 9.17) is 14.4 Å². The van der Waals surface area contributed by atoms with Crippen LogP contribution in [0.15, 0.2) is 18.3 Å². The number of nitrogens with zero attached hydrogens (tertiary/aromatic N) is 2. The highest BCUT2D eigenvalue weighted by atomic mass is 16.7. The molecule has 0 aliphatic carbocycles. The van der Waals surface area contributed by atoms with Crippen molar-refractivity contribution in [3.8, 4) is 0 Å². The van der Waals surface area contributed by atoms with E-state index in [2.05, 4.69) is 15.2 Å². The normalized spacial score (nSPS) is 22.9. The van der Waals surface area contributed by atoms with Crippen molar-refractivity contribution in [2.75, 3.05) is 18.0 Å². The van der Waals surface area contributed by atoms with Crippen molar-refractivity contribution in [1.82, 2.24) is 10.3 Å². The Morgan fingerprint density at radius 2 is 1.84 bits per heavy atom. The number of aromatic nitrogens is 1. The number of carbonyl (C=O) groups is 1. The zero-order chi connectivity index (χ0) is 18.2. The standard InChI is InChI=1S/C17H26BN3O4/c1-16(2)17(3,4)25-18(24-16)12-5-6-14(19-11-12)21-9-7-13(8-10-21)20-15(22)23/h5-6,11,13,20H,7-10H2,1-4H3,(H,22,23). The van der Waals surface area contributed by atoms with Crippen molar-refractivity contribution in [3.63, 3.8) is 0 Å². The smallest absolute Gasteiger partial charge is 0.465 e. The predicted octanol–water partition coefficient (Wildman–Crippen LogP) is 1.62. The molecule has 3 heterocycles. The lowest BCUT2D eigenvalue weighted by Gasteiger charge is -2.32. The van der Waals surface area contributed by atoms with E-state index < -0.39 is 13.2 Å². The maximum Gasteiger partial charge on any atom is 0.496 e. The highest BCUT2D eigenvalue weighted by molar-refractivity contribution is 6.62. The molecule has 0 bridgehead atoms. The van der Waals surface area contributed by atoms with Crippen molar-refractivity contribution in [2.45, 2.75) is 57.8 Å². The third kappa shape index (κ3) is 3.74. The molecule has 2 N–H and O–H groups in total. The molecule has 1 aromatic heterocycles. The summed E-state index contributed by atoms with van der Waals surface area (Å²) in [6.45, 7) is 9.70. The number of anilines is 1. The van der Waals surface area contributed by atoms with E-state index in [1.165, 1.54) is 0 Å². The van der Waals surface area contributed by atoms with Crippen LogP contribution < -0.4 is 15.7 Å². The van der Waals surface area contributed by atoms with Gasteiger partial charge in [0, 0.05) is 30.8 Å². The number of hydrogen-bond donors (Lipinski definition) is 2. The second-order valence-corrected chi connectivity index (χ2v) is 7.75. The van der Waals surface area contributed by atoms with E-state index >= 15 is 0 Å². The molecule has 0 radical (unpaired) electrons. The number of carboxylic acid groups (broad SMARTS) is 1. The zero-order valence-corrected chi connectivity index (χ0v) is 15.3. The summed E-state index contributed by atoms with van der Waals surface area (Å²) in [4.78, 5) is 17.4. The molecule has 7 nitrogen and oxygen atoms in total. The number of nitrogens with one attached hydrogen (secondary N) is 1. The molecule has 8 heteroatoms. The van der Waals surface area contributed by atoms with Gasteiger partial charge < -0.3 is 24.6 Å². The van der Waals surface area contributed by atoms with Crippen LogP contribution in [0.4, 0.5) is 10.6 Å². The largest absolute Gasteiger partial charge is 0.496 e. The molecule has 2 fully saturated rings. The summed E-state index contributed by atoms with van der Waals surface area (Å²) in [6, 6.07) is 4.00. The topological polar surface area (TPSA) is 83.9 Å². The van der Waals surface area contributed by atoms with Crippen molar-refractivity contribution in [2.24, 2.45) is 0 Å². The summed E-state index contributed by atoms with van der Waals surface area (Å²) in [5.74, 6) is 0.897. The minimum Gasteiger partial charge on any atom is -0.465 e. The van der Waals surface area contributed by atoms with Crippen LogP contribution in [-0.2, 0) is 9.31 Å². The fraction of sp³-hybridized carbons (Fsp3) is 0.647. The van der Waals surface area contributed by atoms with Crippen LogP contribution in [-0.4, -0.2) is 53.6 Å². The van der Waals surface area contributed by atoms with Gasteiger partial charge in [-0.3, -0.25) is 0 Å². The molecule has 1 amide bonds. The van der Waals surface area contributed by atoms with Gasteiger partial charge in [0.1, 0.15) is 5.82 Å². The summed E-state index contributed by atoms with van der Waals surface area (Å²) in [5, 5.41) is 11.3. The fourth-order valence-corrected chi connectivity index (χ4v) is 3.13. The second kappa shape index (κ2) is 6.50. The van der Waals surface area contributed by atoms with Gasteiger partial charge >= 0.3 is 13.2 Å². The first kappa shape index (κ1) is 18.0. The van der Waals surface area contributed by atoms with E-state index in [0.717, 1.165) is 37.2 Å². The van der Waals surface area contributed by atoms with Crippen molar-refractivity contribution < 1.29 is 19.2 Å². The van der Waals surface area contributed by atoms with Gasteiger partial charge in [-0.1, -0.05) is 6.07 Å². The Labute approximate surface area is 148 Å². The first-order valence-electron chi connectivity index (χ1n) is 8.74. The van der Waals surface area contributed by atoms with Gasteiger partial charge in [-0.15, -0.1) is 0 Å². The molecule has 3 rings (SSSR count). The first-order chi connectivity index (χ1) is 11.7. The number of hydrogen-bond acceptors (Lipinski definition) is 5. The lowest BCUT2D eigenvalue weighted by Crippen LogP contribution is -2.44. The van der Waals surface area contributed by atoms with E-state index in [9.17, 15) is 4.79 Å². The number of pyridine rings is 1. The van der Waals surface area contributed by atoms with Crippen LogP contribution >= 0.6 is 0 Å². The van der Waals surface area contributed by atoms with Crippen molar-refractivity contribution >= 4 is 24.5 Å². The fourth-order valence-electron chi connectivity index (χ4n) is 3.13. The lowest BCUT2D eigenvalue weighted by molar-refractivity contribution is 0.00578. The minimum absolute atomic E-state index is 0.0257. The second-order valence-electron chi connectivity index (χ2n) is 7.75. The third-order valence-electron chi connectivity index (χ3n) is 5.44. The van der Waals surface area contributed by atoms with Crippen molar-refractivity contribution in [1.29, 1.82) is 0 Å². The number of amides is 1. The van der Waals surface area contributed by atoms with Crippen LogP contribution in [0.5, 0.6) is 0 Å². The quantitative estimate of drug-likeness (QED) is 0.809. The Balaban J connectivity index is 1.61. The van der Waals surface area contributed by atoms with Gasteiger partial charge in [-0.05, 0) is 46.6 Å². The summed E-state index contributed by atoms with van der Waals surface area (Å²) in [6.07, 6.45) is 2.42. The third-order valence-corrected chi connectivity index (χ3v) is 5.44. The molecule has 0 atom stereocenters. The van der Waals surface area contributed by atoms with E-state index in [1.54, 1.807) is 6.20 Å². The Bertz CT molecular complexity index is 611. The van der Waals surface area contributed by atoms with Gasteiger partial charge in [0.05, 0.1) is 11.2 Å². The molecule has 136 valence electrons. The highest BCUT2D eigenvalue weighted by Crippen LogP contribution is 2.36. The first-order valence-corrected chi connectivity index (χ1v) is 8.74. The van der Waals surface area contributed by atoms with E-state index in [1.807, 2.05) is 39.8 Å². The van der Waals surface area contributed by atoms with Gasteiger partial charge in [0.2, 0.25) is 0 Å². The predicted molar refractivity (Wildman–Crippen MR) is 96.3 cm³/mol. The van der Waals surface area contributed by atoms with Crippen LogP contribution in [0.3, 0.4) is 0 Å². The van der Waals surface area contributed by atoms with Crippen LogP contribution in [0.25, 0.3) is 0 Å².